The summed E-state index contributed by atoms with van der Waals surface area (Å²) < 4.78 is 0. The second kappa shape index (κ2) is 7.77. The minimum Gasteiger partial charge on any atom is -0.344 e. The molecule has 118 valence electrons. The Balaban J connectivity index is 4.51. The maximum absolute atomic E-state index is 12.5. The van der Waals surface area contributed by atoms with E-state index in [2.05, 4.69) is 25.8 Å². The minimum absolute atomic E-state index is 0.0144. The molecule has 0 bridgehead atoms. The summed E-state index contributed by atoms with van der Waals surface area (Å²) in [4.78, 5) is 28.3. The van der Waals surface area contributed by atoms with Crippen molar-refractivity contribution in [3.8, 4) is 0 Å². The predicted octanol–water partition coefficient (Wildman–Crippen LogP) is 2.43. The highest BCUT2D eigenvalue weighted by molar-refractivity contribution is 5.89. The molecule has 0 atom stereocenters. The number of likely N-dealkylation sites (N-methyl/N-ethyl adjacent to an activating group) is 2. The first-order chi connectivity index (χ1) is 8.99. The number of carbonyl (C=O) groups is 2. The van der Waals surface area contributed by atoms with Gasteiger partial charge in [0.2, 0.25) is 5.91 Å². The first-order valence-electron chi connectivity index (χ1n) is 7.47. The molecular weight excluding hydrogens is 252 g/mol. The second-order valence-corrected chi connectivity index (χ2v) is 6.98. The van der Waals surface area contributed by atoms with E-state index in [4.69, 9.17) is 0 Å². The Morgan fingerprint density at radius 3 is 1.90 bits per heavy atom. The van der Waals surface area contributed by atoms with E-state index in [0.29, 0.717) is 19.0 Å². The number of nitrogens with zero attached hydrogens (tertiary/aromatic N) is 2. The summed E-state index contributed by atoms with van der Waals surface area (Å²) in [5.74, 6) is 0.180. The zero-order valence-electron chi connectivity index (χ0n) is 14.5. The smallest absolute Gasteiger partial charge is 0.228 e. The molecule has 0 spiro atoms. The monoisotopic (exact) mass is 284 g/mol. The fraction of sp³-hybridized carbons (Fsp3) is 0.875. The average molecular weight is 284 g/mol. The van der Waals surface area contributed by atoms with Gasteiger partial charge in [-0.2, -0.15) is 0 Å². The van der Waals surface area contributed by atoms with Crippen molar-refractivity contribution in [2.24, 2.45) is 11.3 Å². The zero-order chi connectivity index (χ0) is 16.1. The Bertz CT molecular complexity index is 335. The summed E-state index contributed by atoms with van der Waals surface area (Å²) in [6, 6.07) is 0.467. The summed E-state index contributed by atoms with van der Waals surface area (Å²) in [5, 5.41) is 0. The van der Waals surface area contributed by atoms with Crippen LogP contribution in [0.25, 0.3) is 0 Å². The summed E-state index contributed by atoms with van der Waals surface area (Å²) >= 11 is 0. The molecule has 0 aliphatic rings. The molecular formula is C16H32N2O2. The lowest BCUT2D eigenvalue weighted by molar-refractivity contribution is -0.142. The number of carbonyl (C=O) groups excluding carboxylic acids is 2. The topological polar surface area (TPSA) is 40.6 Å². The van der Waals surface area contributed by atoms with Crippen LogP contribution < -0.4 is 0 Å². The Labute approximate surface area is 124 Å². The van der Waals surface area contributed by atoms with Gasteiger partial charge in [0.15, 0.2) is 0 Å². The third-order valence-electron chi connectivity index (χ3n) is 3.86. The molecule has 0 aliphatic heterocycles. The molecule has 1 amide bonds. The van der Waals surface area contributed by atoms with Gasteiger partial charge in [0, 0.05) is 38.5 Å². The number of hydrogen-bond acceptors (Lipinski definition) is 3. The summed E-state index contributed by atoms with van der Waals surface area (Å²) in [6.07, 6.45) is 0.313. The van der Waals surface area contributed by atoms with Crippen molar-refractivity contribution in [3.05, 3.63) is 0 Å². The molecule has 4 nitrogen and oxygen atoms in total. The highest BCUT2D eigenvalue weighted by Gasteiger charge is 2.33. The van der Waals surface area contributed by atoms with Crippen LogP contribution in [0.15, 0.2) is 0 Å². The van der Waals surface area contributed by atoms with Gasteiger partial charge >= 0.3 is 0 Å². The van der Waals surface area contributed by atoms with Crippen LogP contribution >= 0.6 is 0 Å². The normalized spacial score (nSPS) is 12.3. The van der Waals surface area contributed by atoms with E-state index in [1.54, 1.807) is 4.90 Å². The van der Waals surface area contributed by atoms with Crippen molar-refractivity contribution in [1.29, 1.82) is 0 Å². The average Bonchev–Trinajstić information content (AvgIpc) is 2.33. The largest absolute Gasteiger partial charge is 0.344 e. The summed E-state index contributed by atoms with van der Waals surface area (Å²) in [6.45, 7) is 13.3. The van der Waals surface area contributed by atoms with Crippen LogP contribution in [0.1, 0.15) is 48.0 Å². The van der Waals surface area contributed by atoms with E-state index in [0.717, 1.165) is 6.54 Å². The zero-order valence-corrected chi connectivity index (χ0v) is 14.5. The standard InChI is InChI=1S/C16H32N2O2/c1-12(2)14(19)11-16(5,6)15(20)18(8)10-9-17(7)13(3)4/h12-13H,9-11H2,1-8H3. The lowest BCUT2D eigenvalue weighted by Gasteiger charge is -2.31. The maximum Gasteiger partial charge on any atom is 0.228 e. The molecule has 0 N–H and O–H groups in total. The van der Waals surface area contributed by atoms with Gasteiger partial charge in [-0.15, -0.1) is 0 Å². The van der Waals surface area contributed by atoms with E-state index < -0.39 is 5.41 Å². The van der Waals surface area contributed by atoms with Crippen LogP contribution in [0.5, 0.6) is 0 Å². The SMILES string of the molecule is CC(C)C(=O)CC(C)(C)C(=O)N(C)CCN(C)C(C)C. The van der Waals surface area contributed by atoms with Crippen molar-refractivity contribution in [1.82, 2.24) is 9.80 Å². The van der Waals surface area contributed by atoms with E-state index in [1.165, 1.54) is 0 Å². The lowest BCUT2D eigenvalue weighted by Crippen LogP contribution is -2.43. The third-order valence-corrected chi connectivity index (χ3v) is 3.86. The van der Waals surface area contributed by atoms with Crippen molar-refractivity contribution < 1.29 is 9.59 Å². The van der Waals surface area contributed by atoms with Crippen molar-refractivity contribution >= 4 is 11.7 Å². The van der Waals surface area contributed by atoms with Gasteiger partial charge in [-0.1, -0.05) is 27.7 Å². The molecule has 0 aromatic heterocycles. The van der Waals surface area contributed by atoms with Crippen molar-refractivity contribution in [2.45, 2.75) is 54.0 Å². The number of amides is 1. The van der Waals surface area contributed by atoms with Crippen molar-refractivity contribution in [3.63, 3.8) is 0 Å². The van der Waals surface area contributed by atoms with Crippen LogP contribution in [-0.2, 0) is 9.59 Å². The van der Waals surface area contributed by atoms with Gasteiger partial charge in [-0.05, 0) is 20.9 Å². The van der Waals surface area contributed by atoms with Crippen LogP contribution in [-0.4, -0.2) is 54.7 Å². The van der Waals surface area contributed by atoms with Gasteiger partial charge in [0.05, 0.1) is 5.41 Å². The Hall–Kier alpha value is -0.900. The van der Waals surface area contributed by atoms with Gasteiger partial charge in [-0.3, -0.25) is 9.59 Å². The second-order valence-electron chi connectivity index (χ2n) is 6.98. The summed E-state index contributed by atoms with van der Waals surface area (Å²) in [7, 11) is 3.87. The van der Waals surface area contributed by atoms with Gasteiger partial charge in [0.25, 0.3) is 0 Å². The van der Waals surface area contributed by atoms with E-state index in [9.17, 15) is 9.59 Å². The number of hydrogen-bond donors (Lipinski definition) is 0. The summed E-state index contributed by atoms with van der Waals surface area (Å²) in [5.41, 5.74) is -0.619. The first-order valence-corrected chi connectivity index (χ1v) is 7.47. The molecule has 0 radical (unpaired) electrons. The molecule has 0 heterocycles. The fourth-order valence-corrected chi connectivity index (χ4v) is 1.90. The minimum atomic E-state index is -0.619. The van der Waals surface area contributed by atoms with E-state index in [1.807, 2.05) is 34.7 Å². The number of rotatable bonds is 8. The van der Waals surface area contributed by atoms with Crippen LogP contribution in [0.4, 0.5) is 0 Å². The van der Waals surface area contributed by atoms with Crippen LogP contribution in [0, 0.1) is 11.3 Å². The molecule has 0 aromatic carbocycles. The molecule has 0 aliphatic carbocycles. The molecule has 0 rings (SSSR count). The Kier molecular flexibility index (Phi) is 7.42. The molecule has 4 heteroatoms. The number of Topliss-reactive ketones (excluding diaryl/α,β-unsaturated/α-hetero) is 1. The Morgan fingerprint density at radius 1 is 1.00 bits per heavy atom. The van der Waals surface area contributed by atoms with Crippen molar-refractivity contribution in [2.75, 3.05) is 27.2 Å². The molecule has 20 heavy (non-hydrogen) atoms. The number of ketones is 1. The predicted molar refractivity (Wildman–Crippen MR) is 83.6 cm³/mol. The molecule has 0 saturated carbocycles. The van der Waals surface area contributed by atoms with Gasteiger partial charge < -0.3 is 9.80 Å². The van der Waals surface area contributed by atoms with Crippen LogP contribution in [0.3, 0.4) is 0 Å². The third kappa shape index (κ3) is 6.04. The first kappa shape index (κ1) is 19.1. The molecule has 0 unspecified atom stereocenters. The fourth-order valence-electron chi connectivity index (χ4n) is 1.90. The van der Waals surface area contributed by atoms with E-state index in [-0.39, 0.29) is 17.6 Å². The molecule has 0 aromatic rings. The molecule has 0 saturated heterocycles. The highest BCUT2D eigenvalue weighted by atomic mass is 16.2. The Morgan fingerprint density at radius 2 is 1.50 bits per heavy atom. The quantitative estimate of drug-likeness (QED) is 0.687. The lowest BCUT2D eigenvalue weighted by atomic mass is 9.83. The molecule has 0 fully saturated rings. The van der Waals surface area contributed by atoms with E-state index >= 15 is 0 Å². The van der Waals surface area contributed by atoms with Gasteiger partial charge in [-0.25, -0.2) is 0 Å². The highest BCUT2D eigenvalue weighted by Crippen LogP contribution is 2.25. The van der Waals surface area contributed by atoms with Gasteiger partial charge in [0.1, 0.15) is 5.78 Å². The maximum atomic E-state index is 12.5. The van der Waals surface area contributed by atoms with Crippen LogP contribution in [0.2, 0.25) is 0 Å².